The summed E-state index contributed by atoms with van der Waals surface area (Å²) < 4.78 is 4.98. The van der Waals surface area contributed by atoms with Crippen LogP contribution in [-0.2, 0) is 4.79 Å². The molecule has 0 aliphatic heterocycles. The molecule has 0 spiro atoms. The molecule has 0 heterocycles. The van der Waals surface area contributed by atoms with Crippen LogP contribution in [0.4, 0.5) is 0 Å². The summed E-state index contributed by atoms with van der Waals surface area (Å²) in [5, 5.41) is 9.16. The van der Waals surface area contributed by atoms with Crippen molar-refractivity contribution in [3.05, 3.63) is 34.3 Å². The Balaban J connectivity index is 3.12. The van der Waals surface area contributed by atoms with Gasteiger partial charge in [0.25, 0.3) is 0 Å². The van der Waals surface area contributed by atoms with Gasteiger partial charge in [-0.3, -0.25) is 4.79 Å². The maximum atomic E-state index is 10.5. The van der Waals surface area contributed by atoms with Gasteiger partial charge >= 0.3 is 5.97 Å². The number of aliphatic carboxylic acids is 1. The molecule has 0 radical (unpaired) electrons. The molecule has 1 N–H and O–H groups in total. The first kappa shape index (κ1) is 12.9. The molecule has 3 nitrogen and oxygen atoms in total. The molecule has 0 saturated heterocycles. The molecular weight excluding hydrogens is 251 g/mol. The van der Waals surface area contributed by atoms with Gasteiger partial charge in [0, 0.05) is 0 Å². The Hall–Kier alpha value is -1.19. The highest BCUT2D eigenvalue weighted by Crippen LogP contribution is 2.37. The molecule has 0 aliphatic rings. The number of carbonyl (C=O) groups is 1. The Morgan fingerprint density at radius 2 is 2.06 bits per heavy atom. The summed E-state index contributed by atoms with van der Waals surface area (Å²) in [5.41, 5.74) is 0.928. The SMILES string of the molecule is C=C(CC(=O)O)c1ccc(OC)c(Cl)c1Cl. The molecule has 5 heteroatoms. The highest BCUT2D eigenvalue weighted by molar-refractivity contribution is 6.44. The second-order valence-electron chi connectivity index (χ2n) is 3.12. The quantitative estimate of drug-likeness (QED) is 0.902. The summed E-state index contributed by atoms with van der Waals surface area (Å²) in [6.45, 7) is 3.66. The fourth-order valence-corrected chi connectivity index (χ4v) is 1.77. The maximum Gasteiger partial charge on any atom is 0.307 e. The molecule has 1 aromatic carbocycles. The van der Waals surface area contributed by atoms with Gasteiger partial charge in [0.05, 0.1) is 18.6 Å². The molecule has 0 aliphatic carbocycles. The summed E-state index contributed by atoms with van der Waals surface area (Å²) >= 11 is 11.9. The van der Waals surface area contributed by atoms with Gasteiger partial charge in [-0.05, 0) is 23.3 Å². The smallest absolute Gasteiger partial charge is 0.307 e. The number of hydrogen-bond donors (Lipinski definition) is 1. The number of halogens is 2. The van der Waals surface area contributed by atoms with Crippen LogP contribution in [0, 0.1) is 0 Å². The van der Waals surface area contributed by atoms with Crippen molar-refractivity contribution in [1.29, 1.82) is 0 Å². The molecule has 1 aromatic rings. The Morgan fingerprint density at radius 3 is 2.56 bits per heavy atom. The molecule has 0 amide bonds. The van der Waals surface area contributed by atoms with Crippen molar-refractivity contribution in [2.45, 2.75) is 6.42 Å². The third-order valence-electron chi connectivity index (χ3n) is 2.01. The van der Waals surface area contributed by atoms with Crippen LogP contribution < -0.4 is 4.74 Å². The van der Waals surface area contributed by atoms with E-state index in [0.29, 0.717) is 16.9 Å². The minimum atomic E-state index is -0.965. The molecule has 0 atom stereocenters. The van der Waals surface area contributed by atoms with Crippen molar-refractivity contribution in [2.75, 3.05) is 7.11 Å². The Labute approximate surface area is 103 Å². The van der Waals surface area contributed by atoms with E-state index in [0.717, 1.165) is 0 Å². The average molecular weight is 261 g/mol. The lowest BCUT2D eigenvalue weighted by atomic mass is 10.0. The van der Waals surface area contributed by atoms with E-state index in [1.54, 1.807) is 12.1 Å². The number of methoxy groups -OCH3 is 1. The van der Waals surface area contributed by atoms with Gasteiger partial charge in [0.15, 0.2) is 0 Å². The first-order valence-corrected chi connectivity index (χ1v) is 5.15. The van der Waals surface area contributed by atoms with Crippen molar-refractivity contribution in [3.8, 4) is 5.75 Å². The Morgan fingerprint density at radius 1 is 1.44 bits per heavy atom. The molecule has 0 aromatic heterocycles. The van der Waals surface area contributed by atoms with Crippen LogP contribution in [0.2, 0.25) is 10.0 Å². The standard InChI is InChI=1S/C11H10Cl2O3/c1-6(5-9(14)15)7-3-4-8(16-2)11(13)10(7)12/h3-4H,1,5H2,2H3,(H,14,15). The first-order chi connectivity index (χ1) is 7.47. The van der Waals surface area contributed by atoms with Crippen molar-refractivity contribution in [1.82, 2.24) is 0 Å². The van der Waals surface area contributed by atoms with Crippen LogP contribution >= 0.6 is 23.2 Å². The van der Waals surface area contributed by atoms with Gasteiger partial charge in [0.2, 0.25) is 0 Å². The second kappa shape index (κ2) is 5.23. The van der Waals surface area contributed by atoms with Gasteiger partial charge in [-0.2, -0.15) is 0 Å². The van der Waals surface area contributed by atoms with Crippen molar-refractivity contribution >= 4 is 34.7 Å². The van der Waals surface area contributed by atoms with E-state index in [9.17, 15) is 4.79 Å². The lowest BCUT2D eigenvalue weighted by Crippen LogP contribution is -1.97. The van der Waals surface area contributed by atoms with E-state index < -0.39 is 5.97 Å². The maximum absolute atomic E-state index is 10.5. The lowest BCUT2D eigenvalue weighted by Gasteiger charge is -2.10. The number of benzene rings is 1. The number of carboxylic acid groups (broad SMARTS) is 1. The average Bonchev–Trinajstić information content (AvgIpc) is 2.20. The molecule has 86 valence electrons. The normalized spacial score (nSPS) is 9.94. The molecule has 0 bridgehead atoms. The highest BCUT2D eigenvalue weighted by Gasteiger charge is 2.14. The third kappa shape index (κ3) is 2.68. The van der Waals surface area contributed by atoms with Gasteiger partial charge in [-0.1, -0.05) is 29.8 Å². The van der Waals surface area contributed by atoms with E-state index in [1.165, 1.54) is 7.11 Å². The van der Waals surface area contributed by atoms with E-state index in [4.69, 9.17) is 33.0 Å². The van der Waals surface area contributed by atoms with E-state index >= 15 is 0 Å². The highest BCUT2D eigenvalue weighted by atomic mass is 35.5. The van der Waals surface area contributed by atoms with Crippen molar-refractivity contribution in [3.63, 3.8) is 0 Å². The Kier molecular flexibility index (Phi) is 4.21. The van der Waals surface area contributed by atoms with Crippen molar-refractivity contribution in [2.24, 2.45) is 0 Å². The van der Waals surface area contributed by atoms with Crippen LogP contribution in [0.5, 0.6) is 5.75 Å². The zero-order chi connectivity index (χ0) is 12.3. The van der Waals surface area contributed by atoms with Crippen molar-refractivity contribution < 1.29 is 14.6 Å². The topological polar surface area (TPSA) is 46.5 Å². The molecule has 1 rings (SSSR count). The number of hydrogen-bond acceptors (Lipinski definition) is 2. The first-order valence-electron chi connectivity index (χ1n) is 4.39. The van der Waals surface area contributed by atoms with Gasteiger partial charge < -0.3 is 9.84 Å². The minimum Gasteiger partial charge on any atom is -0.495 e. The van der Waals surface area contributed by atoms with Crippen LogP contribution in [-0.4, -0.2) is 18.2 Å². The van der Waals surface area contributed by atoms with E-state index in [-0.39, 0.29) is 16.5 Å². The number of rotatable bonds is 4. The number of carboxylic acids is 1. The van der Waals surface area contributed by atoms with Crippen LogP contribution in [0.3, 0.4) is 0 Å². The molecular formula is C11H10Cl2O3. The predicted octanol–water partition coefficient (Wildman–Crippen LogP) is 3.49. The lowest BCUT2D eigenvalue weighted by molar-refractivity contribution is -0.135. The second-order valence-corrected chi connectivity index (χ2v) is 3.87. The molecule has 0 saturated carbocycles. The summed E-state index contributed by atoms with van der Waals surface area (Å²) in [6.07, 6.45) is -0.178. The number of ether oxygens (including phenoxy) is 1. The monoisotopic (exact) mass is 260 g/mol. The largest absolute Gasteiger partial charge is 0.495 e. The van der Waals surface area contributed by atoms with Crippen LogP contribution in [0.15, 0.2) is 18.7 Å². The molecule has 0 unspecified atom stereocenters. The van der Waals surface area contributed by atoms with E-state index in [1.807, 2.05) is 0 Å². The van der Waals surface area contributed by atoms with Crippen LogP contribution in [0.1, 0.15) is 12.0 Å². The molecule has 16 heavy (non-hydrogen) atoms. The summed E-state index contributed by atoms with van der Waals surface area (Å²) in [6, 6.07) is 3.26. The fraction of sp³-hybridized carbons (Fsp3) is 0.182. The van der Waals surface area contributed by atoms with Gasteiger partial charge in [0.1, 0.15) is 10.8 Å². The predicted molar refractivity (Wildman–Crippen MR) is 64.3 cm³/mol. The third-order valence-corrected chi connectivity index (χ3v) is 2.88. The van der Waals surface area contributed by atoms with Crippen LogP contribution in [0.25, 0.3) is 5.57 Å². The zero-order valence-corrected chi connectivity index (χ0v) is 10.1. The van der Waals surface area contributed by atoms with E-state index in [2.05, 4.69) is 6.58 Å². The minimum absolute atomic E-state index is 0.178. The molecule has 0 fully saturated rings. The Bertz CT molecular complexity index is 441. The summed E-state index contributed by atoms with van der Waals surface area (Å²) in [4.78, 5) is 10.5. The fourth-order valence-electron chi connectivity index (χ4n) is 1.24. The zero-order valence-electron chi connectivity index (χ0n) is 8.59. The van der Waals surface area contributed by atoms with Gasteiger partial charge in [-0.15, -0.1) is 0 Å². The summed E-state index contributed by atoms with van der Waals surface area (Å²) in [7, 11) is 1.48. The van der Waals surface area contributed by atoms with Gasteiger partial charge in [-0.25, -0.2) is 0 Å². The summed E-state index contributed by atoms with van der Waals surface area (Å²) in [5.74, 6) is -0.522.